The Morgan fingerprint density at radius 3 is 2.57 bits per heavy atom. The van der Waals surface area contributed by atoms with Crippen LogP contribution in [-0.2, 0) is 0 Å². The minimum Gasteiger partial charge on any atom is -0.339 e. The van der Waals surface area contributed by atoms with Crippen LogP contribution in [0.1, 0.15) is 65.1 Å². The number of likely N-dealkylation sites (tertiary alicyclic amines) is 1. The number of hydrogen-bond donors (Lipinski definition) is 1. The summed E-state index contributed by atoms with van der Waals surface area (Å²) in [6.45, 7) is 3.57. The first-order chi connectivity index (χ1) is 11.2. The zero-order valence-electron chi connectivity index (χ0n) is 13.5. The summed E-state index contributed by atoms with van der Waals surface area (Å²) >= 11 is 0. The normalized spacial score (nSPS) is 19.1. The lowest BCUT2D eigenvalue weighted by Gasteiger charge is -2.31. The molecule has 0 bridgehead atoms. The van der Waals surface area contributed by atoms with E-state index in [1.165, 1.54) is 12.8 Å². The Hall–Kier alpha value is -2.17. The van der Waals surface area contributed by atoms with Crippen LogP contribution in [0.3, 0.4) is 0 Å². The SMILES string of the molecule is Cc1ccccc1C(=O)N1CCC(c2nc(C3CC3)n[nH]2)CC1. The van der Waals surface area contributed by atoms with E-state index < -0.39 is 0 Å². The van der Waals surface area contributed by atoms with Crippen molar-refractivity contribution in [1.29, 1.82) is 0 Å². The average molecular weight is 310 g/mol. The van der Waals surface area contributed by atoms with Crippen molar-refractivity contribution in [1.82, 2.24) is 20.1 Å². The van der Waals surface area contributed by atoms with E-state index in [0.29, 0.717) is 11.8 Å². The molecular formula is C18H22N4O. The van der Waals surface area contributed by atoms with Crippen LogP contribution in [0.5, 0.6) is 0 Å². The molecule has 4 rings (SSSR count). The molecule has 0 radical (unpaired) electrons. The van der Waals surface area contributed by atoms with Crippen molar-refractivity contribution in [3.05, 3.63) is 47.0 Å². The summed E-state index contributed by atoms with van der Waals surface area (Å²) in [6.07, 6.45) is 4.36. The molecule has 2 aromatic rings. The molecule has 5 nitrogen and oxygen atoms in total. The summed E-state index contributed by atoms with van der Waals surface area (Å²) in [6, 6.07) is 7.82. The number of amides is 1. The smallest absolute Gasteiger partial charge is 0.254 e. The number of benzene rings is 1. The first-order valence-corrected chi connectivity index (χ1v) is 8.49. The number of carbonyl (C=O) groups excluding carboxylic acids is 1. The van der Waals surface area contributed by atoms with Gasteiger partial charge < -0.3 is 4.90 Å². The summed E-state index contributed by atoms with van der Waals surface area (Å²) in [5, 5.41) is 7.47. The first-order valence-electron chi connectivity index (χ1n) is 8.49. The summed E-state index contributed by atoms with van der Waals surface area (Å²) < 4.78 is 0. The van der Waals surface area contributed by atoms with Crippen molar-refractivity contribution in [2.45, 2.75) is 44.4 Å². The predicted octanol–water partition coefficient (Wildman–Crippen LogP) is 3.01. The van der Waals surface area contributed by atoms with Gasteiger partial charge in [-0.2, -0.15) is 5.10 Å². The Labute approximate surface area is 136 Å². The number of carbonyl (C=O) groups is 1. The van der Waals surface area contributed by atoms with Gasteiger partial charge in [0.15, 0.2) is 5.82 Å². The average Bonchev–Trinajstić information content (AvgIpc) is 3.32. The number of nitrogens with zero attached hydrogens (tertiary/aromatic N) is 3. The Morgan fingerprint density at radius 1 is 1.13 bits per heavy atom. The second-order valence-corrected chi connectivity index (χ2v) is 6.73. The van der Waals surface area contributed by atoms with E-state index >= 15 is 0 Å². The largest absolute Gasteiger partial charge is 0.339 e. The zero-order valence-corrected chi connectivity index (χ0v) is 13.5. The van der Waals surface area contributed by atoms with E-state index in [1.54, 1.807) is 0 Å². The van der Waals surface area contributed by atoms with Gasteiger partial charge in [0.2, 0.25) is 0 Å². The number of piperidine rings is 1. The van der Waals surface area contributed by atoms with Gasteiger partial charge in [-0.1, -0.05) is 18.2 Å². The Bertz CT molecular complexity index is 711. The molecule has 120 valence electrons. The van der Waals surface area contributed by atoms with Crippen LogP contribution in [0.2, 0.25) is 0 Å². The highest BCUT2D eigenvalue weighted by Crippen LogP contribution is 2.38. The lowest BCUT2D eigenvalue weighted by molar-refractivity contribution is 0.0710. The quantitative estimate of drug-likeness (QED) is 0.948. The number of aryl methyl sites for hydroxylation is 1. The monoisotopic (exact) mass is 310 g/mol. The summed E-state index contributed by atoms with van der Waals surface area (Å²) in [5.74, 6) is 3.13. The number of aromatic amines is 1. The molecule has 0 spiro atoms. The summed E-state index contributed by atoms with van der Waals surface area (Å²) in [7, 11) is 0. The molecule has 1 saturated carbocycles. The van der Waals surface area contributed by atoms with Crippen molar-refractivity contribution in [2.24, 2.45) is 0 Å². The molecule has 1 aliphatic carbocycles. The third-order valence-corrected chi connectivity index (χ3v) is 5.01. The first kappa shape index (κ1) is 14.4. The molecular weight excluding hydrogens is 288 g/mol. The second kappa shape index (κ2) is 5.80. The number of H-pyrrole nitrogens is 1. The fourth-order valence-electron chi connectivity index (χ4n) is 3.33. The molecule has 2 fully saturated rings. The van der Waals surface area contributed by atoms with Crippen LogP contribution in [0.25, 0.3) is 0 Å². The maximum Gasteiger partial charge on any atom is 0.254 e. The maximum atomic E-state index is 12.7. The molecule has 1 amide bonds. The lowest BCUT2D eigenvalue weighted by Crippen LogP contribution is -2.38. The van der Waals surface area contributed by atoms with Crippen LogP contribution < -0.4 is 0 Å². The van der Waals surface area contributed by atoms with E-state index in [2.05, 4.69) is 15.2 Å². The molecule has 1 aliphatic heterocycles. The molecule has 0 unspecified atom stereocenters. The van der Waals surface area contributed by atoms with Crippen molar-refractivity contribution in [3.8, 4) is 0 Å². The molecule has 2 heterocycles. The fraction of sp³-hybridized carbons (Fsp3) is 0.500. The van der Waals surface area contributed by atoms with Crippen LogP contribution >= 0.6 is 0 Å². The van der Waals surface area contributed by atoms with Gasteiger partial charge in [0.25, 0.3) is 5.91 Å². The number of hydrogen-bond acceptors (Lipinski definition) is 3. The minimum atomic E-state index is 0.151. The van der Waals surface area contributed by atoms with Crippen LogP contribution in [0.15, 0.2) is 24.3 Å². The van der Waals surface area contributed by atoms with E-state index in [4.69, 9.17) is 0 Å². The Morgan fingerprint density at radius 2 is 1.87 bits per heavy atom. The van der Waals surface area contributed by atoms with E-state index in [-0.39, 0.29) is 5.91 Å². The molecule has 0 atom stereocenters. The maximum absolute atomic E-state index is 12.7. The van der Waals surface area contributed by atoms with Gasteiger partial charge in [-0.25, -0.2) is 4.98 Å². The third kappa shape index (κ3) is 2.87. The highest BCUT2D eigenvalue weighted by atomic mass is 16.2. The fourth-order valence-corrected chi connectivity index (χ4v) is 3.33. The number of rotatable bonds is 3. The Kier molecular flexibility index (Phi) is 3.63. The van der Waals surface area contributed by atoms with Crippen molar-refractivity contribution in [2.75, 3.05) is 13.1 Å². The standard InChI is InChI=1S/C18H22N4O/c1-12-4-2-3-5-15(12)18(23)22-10-8-14(9-11-22)17-19-16(20-21-17)13-6-7-13/h2-5,13-14H,6-11H2,1H3,(H,19,20,21). The van der Waals surface area contributed by atoms with E-state index in [9.17, 15) is 4.79 Å². The van der Waals surface area contributed by atoms with Gasteiger partial charge in [-0.15, -0.1) is 0 Å². The molecule has 23 heavy (non-hydrogen) atoms. The van der Waals surface area contributed by atoms with Gasteiger partial charge in [-0.05, 0) is 44.2 Å². The van der Waals surface area contributed by atoms with Crippen molar-refractivity contribution in [3.63, 3.8) is 0 Å². The van der Waals surface area contributed by atoms with Crippen molar-refractivity contribution >= 4 is 5.91 Å². The molecule has 1 N–H and O–H groups in total. The highest BCUT2D eigenvalue weighted by Gasteiger charge is 2.31. The van der Waals surface area contributed by atoms with Crippen LogP contribution in [0.4, 0.5) is 0 Å². The Balaban J connectivity index is 1.40. The van der Waals surface area contributed by atoms with Gasteiger partial charge in [0.05, 0.1) is 0 Å². The second-order valence-electron chi connectivity index (χ2n) is 6.73. The van der Waals surface area contributed by atoms with E-state index in [1.807, 2.05) is 36.1 Å². The predicted molar refractivity (Wildman–Crippen MR) is 87.4 cm³/mol. The third-order valence-electron chi connectivity index (χ3n) is 5.01. The van der Waals surface area contributed by atoms with E-state index in [0.717, 1.165) is 48.7 Å². The number of aromatic nitrogens is 3. The molecule has 5 heteroatoms. The lowest BCUT2D eigenvalue weighted by atomic mass is 9.95. The van der Waals surface area contributed by atoms with Crippen molar-refractivity contribution < 1.29 is 4.79 Å². The summed E-state index contributed by atoms with van der Waals surface area (Å²) in [5.41, 5.74) is 1.87. The van der Waals surface area contributed by atoms with Crippen LogP contribution in [0, 0.1) is 6.92 Å². The molecule has 1 aromatic heterocycles. The van der Waals surface area contributed by atoms with Crippen LogP contribution in [-0.4, -0.2) is 39.1 Å². The zero-order chi connectivity index (χ0) is 15.8. The van der Waals surface area contributed by atoms with Gasteiger partial charge in [0, 0.05) is 30.5 Å². The topological polar surface area (TPSA) is 61.9 Å². The molecule has 1 saturated heterocycles. The van der Waals surface area contributed by atoms with Gasteiger partial charge in [-0.3, -0.25) is 9.89 Å². The minimum absolute atomic E-state index is 0.151. The van der Waals surface area contributed by atoms with Gasteiger partial charge in [0.1, 0.15) is 5.82 Å². The molecule has 2 aliphatic rings. The highest BCUT2D eigenvalue weighted by molar-refractivity contribution is 5.95. The van der Waals surface area contributed by atoms with Gasteiger partial charge >= 0.3 is 0 Å². The summed E-state index contributed by atoms with van der Waals surface area (Å²) in [4.78, 5) is 19.3. The number of nitrogens with one attached hydrogen (secondary N) is 1. The molecule has 1 aromatic carbocycles.